The summed E-state index contributed by atoms with van der Waals surface area (Å²) in [5.41, 5.74) is -0.129. The zero-order valence-corrected chi connectivity index (χ0v) is 8.01. The Kier molecular flexibility index (Phi) is 2.05. The predicted molar refractivity (Wildman–Crippen MR) is 47.0 cm³/mol. The minimum atomic E-state index is -0.235. The molecule has 0 spiro atoms. The van der Waals surface area contributed by atoms with Gasteiger partial charge in [-0.1, -0.05) is 13.3 Å². The van der Waals surface area contributed by atoms with Crippen molar-refractivity contribution >= 4 is 0 Å². The maximum atomic E-state index is 9.18. The first-order valence-electron chi connectivity index (χ1n) is 4.85. The van der Waals surface area contributed by atoms with Crippen molar-refractivity contribution in [3.8, 4) is 6.07 Å². The molecule has 0 N–H and O–H groups in total. The number of nitrogens with zero attached hydrogens (tertiary/aromatic N) is 1. The van der Waals surface area contributed by atoms with Crippen LogP contribution in [0.2, 0.25) is 0 Å². The highest BCUT2D eigenvalue weighted by Crippen LogP contribution is 2.52. The summed E-state index contributed by atoms with van der Waals surface area (Å²) in [5.74, 6) is 0. The van der Waals surface area contributed by atoms with Gasteiger partial charge in [-0.25, -0.2) is 0 Å². The third kappa shape index (κ3) is 1.02. The Hall–Kier alpha value is -0.590. The van der Waals surface area contributed by atoms with Crippen molar-refractivity contribution in [2.24, 2.45) is 10.8 Å². The van der Waals surface area contributed by atoms with Gasteiger partial charge in [0.15, 0.2) is 0 Å². The van der Waals surface area contributed by atoms with Gasteiger partial charge in [-0.2, -0.15) is 5.26 Å². The van der Waals surface area contributed by atoms with Gasteiger partial charge in [-0.3, -0.25) is 0 Å². The Balaban J connectivity index is 2.15. The molecule has 0 aromatic rings. The van der Waals surface area contributed by atoms with Gasteiger partial charge in [0.05, 0.1) is 32.5 Å². The minimum Gasteiger partial charge on any atom is -0.380 e. The number of nitriles is 1. The molecule has 3 nitrogen and oxygen atoms in total. The van der Waals surface area contributed by atoms with E-state index < -0.39 is 0 Å². The lowest BCUT2D eigenvalue weighted by atomic mass is 9.59. The van der Waals surface area contributed by atoms with Gasteiger partial charge in [0.25, 0.3) is 0 Å². The second-order valence-corrected chi connectivity index (χ2v) is 4.21. The molecule has 2 aliphatic heterocycles. The first kappa shape index (κ1) is 8.98. The number of hydrogen-bond acceptors (Lipinski definition) is 3. The van der Waals surface area contributed by atoms with Gasteiger partial charge >= 0.3 is 0 Å². The third-order valence-electron chi connectivity index (χ3n) is 3.41. The molecule has 2 fully saturated rings. The molecule has 2 heterocycles. The second-order valence-electron chi connectivity index (χ2n) is 4.21. The van der Waals surface area contributed by atoms with Gasteiger partial charge in [-0.15, -0.1) is 0 Å². The van der Waals surface area contributed by atoms with Crippen LogP contribution in [0.15, 0.2) is 0 Å². The third-order valence-corrected chi connectivity index (χ3v) is 3.41. The lowest BCUT2D eigenvalue weighted by Gasteiger charge is -2.55. The summed E-state index contributed by atoms with van der Waals surface area (Å²) in [6.45, 7) is 4.86. The molecule has 0 amide bonds. The molecule has 13 heavy (non-hydrogen) atoms. The van der Waals surface area contributed by atoms with Crippen molar-refractivity contribution in [2.45, 2.75) is 19.8 Å². The molecule has 2 saturated heterocycles. The number of rotatable bonds is 3. The summed E-state index contributed by atoms with van der Waals surface area (Å²) in [7, 11) is 0. The maximum absolute atomic E-state index is 9.18. The lowest BCUT2D eigenvalue weighted by Crippen LogP contribution is -2.63. The number of hydrogen-bond donors (Lipinski definition) is 0. The van der Waals surface area contributed by atoms with Gasteiger partial charge < -0.3 is 9.47 Å². The minimum absolute atomic E-state index is 0.106. The van der Waals surface area contributed by atoms with E-state index in [0.717, 1.165) is 26.1 Å². The van der Waals surface area contributed by atoms with Crippen molar-refractivity contribution in [3.63, 3.8) is 0 Å². The van der Waals surface area contributed by atoms with Crippen LogP contribution in [0.4, 0.5) is 0 Å². The van der Waals surface area contributed by atoms with Crippen LogP contribution in [0.1, 0.15) is 19.8 Å². The van der Waals surface area contributed by atoms with Crippen LogP contribution in [0.3, 0.4) is 0 Å². The SMILES string of the molecule is CCCC1(C2(C#N)COC2)COC1. The van der Waals surface area contributed by atoms with Crippen molar-refractivity contribution in [3.05, 3.63) is 0 Å². The fraction of sp³-hybridized carbons (Fsp3) is 0.900. The van der Waals surface area contributed by atoms with E-state index in [2.05, 4.69) is 13.0 Å². The Morgan fingerprint density at radius 2 is 1.85 bits per heavy atom. The molecule has 0 bridgehead atoms. The van der Waals surface area contributed by atoms with Crippen LogP contribution in [0.5, 0.6) is 0 Å². The second kappa shape index (κ2) is 2.97. The molecular formula is C10H15NO2. The van der Waals surface area contributed by atoms with E-state index in [1.807, 2.05) is 0 Å². The lowest BCUT2D eigenvalue weighted by molar-refractivity contribution is -0.245. The molecule has 0 atom stereocenters. The molecule has 0 radical (unpaired) electrons. The van der Waals surface area contributed by atoms with E-state index in [9.17, 15) is 5.26 Å². The fourth-order valence-corrected chi connectivity index (χ4v) is 2.28. The number of ether oxygens (including phenoxy) is 2. The Morgan fingerprint density at radius 3 is 2.08 bits per heavy atom. The molecule has 2 rings (SSSR count). The van der Waals surface area contributed by atoms with Crippen LogP contribution in [0, 0.1) is 22.2 Å². The summed E-state index contributed by atoms with van der Waals surface area (Å²) in [4.78, 5) is 0. The maximum Gasteiger partial charge on any atom is 0.114 e. The molecule has 0 unspecified atom stereocenters. The van der Waals surface area contributed by atoms with Crippen LogP contribution in [-0.4, -0.2) is 26.4 Å². The topological polar surface area (TPSA) is 42.2 Å². The Morgan fingerprint density at radius 1 is 1.23 bits per heavy atom. The summed E-state index contributed by atoms with van der Waals surface area (Å²) >= 11 is 0. The molecule has 0 saturated carbocycles. The van der Waals surface area contributed by atoms with Gasteiger partial charge in [0.2, 0.25) is 0 Å². The summed E-state index contributed by atoms with van der Waals surface area (Å²) in [6.07, 6.45) is 2.21. The summed E-state index contributed by atoms with van der Waals surface area (Å²) < 4.78 is 10.4. The monoisotopic (exact) mass is 181 g/mol. The smallest absolute Gasteiger partial charge is 0.114 e. The molecule has 0 aromatic heterocycles. The predicted octanol–water partition coefficient (Wildman–Crippen LogP) is 1.34. The van der Waals surface area contributed by atoms with Crippen LogP contribution >= 0.6 is 0 Å². The summed E-state index contributed by atoms with van der Waals surface area (Å²) in [5, 5.41) is 9.18. The summed E-state index contributed by atoms with van der Waals surface area (Å²) in [6, 6.07) is 2.44. The van der Waals surface area contributed by atoms with E-state index in [1.165, 1.54) is 0 Å². The van der Waals surface area contributed by atoms with Crippen molar-refractivity contribution < 1.29 is 9.47 Å². The largest absolute Gasteiger partial charge is 0.380 e. The highest BCUT2D eigenvalue weighted by molar-refractivity contribution is 5.16. The zero-order chi connectivity index (χ0) is 9.36. The standard InChI is InChI=1S/C10H15NO2/c1-2-3-9(5-12-6-9)10(4-11)7-13-8-10/h2-3,5-8H2,1H3. The van der Waals surface area contributed by atoms with E-state index in [4.69, 9.17) is 9.47 Å². The zero-order valence-electron chi connectivity index (χ0n) is 8.01. The van der Waals surface area contributed by atoms with E-state index in [1.54, 1.807) is 0 Å². The molecule has 0 aromatic carbocycles. The first-order valence-corrected chi connectivity index (χ1v) is 4.85. The molecule has 2 aliphatic rings. The fourth-order valence-electron chi connectivity index (χ4n) is 2.28. The van der Waals surface area contributed by atoms with E-state index >= 15 is 0 Å². The molecular weight excluding hydrogens is 166 g/mol. The van der Waals surface area contributed by atoms with Gasteiger partial charge in [-0.05, 0) is 6.42 Å². The van der Waals surface area contributed by atoms with Crippen LogP contribution < -0.4 is 0 Å². The average molecular weight is 181 g/mol. The first-order chi connectivity index (χ1) is 6.29. The highest BCUT2D eigenvalue weighted by Gasteiger charge is 2.60. The van der Waals surface area contributed by atoms with Crippen molar-refractivity contribution in [1.82, 2.24) is 0 Å². The Bertz CT molecular complexity index is 236. The van der Waals surface area contributed by atoms with Gasteiger partial charge in [0, 0.05) is 5.41 Å². The average Bonchev–Trinajstić information content (AvgIpc) is 1.98. The van der Waals surface area contributed by atoms with Crippen LogP contribution in [0.25, 0.3) is 0 Å². The van der Waals surface area contributed by atoms with Crippen LogP contribution in [-0.2, 0) is 9.47 Å². The quantitative estimate of drug-likeness (QED) is 0.660. The highest BCUT2D eigenvalue weighted by atomic mass is 16.5. The van der Waals surface area contributed by atoms with E-state index in [-0.39, 0.29) is 10.8 Å². The molecule has 3 heteroatoms. The van der Waals surface area contributed by atoms with E-state index in [0.29, 0.717) is 13.2 Å². The normalized spacial score (nSPS) is 28.3. The molecule has 0 aliphatic carbocycles. The molecule has 72 valence electrons. The van der Waals surface area contributed by atoms with Gasteiger partial charge in [0.1, 0.15) is 5.41 Å². The van der Waals surface area contributed by atoms with Crippen molar-refractivity contribution in [1.29, 1.82) is 5.26 Å². The van der Waals surface area contributed by atoms with Crippen molar-refractivity contribution in [2.75, 3.05) is 26.4 Å². The Labute approximate surface area is 78.6 Å².